The van der Waals surface area contributed by atoms with Crippen molar-refractivity contribution in [3.05, 3.63) is 24.3 Å². The van der Waals surface area contributed by atoms with Crippen LogP contribution in [0.25, 0.3) is 0 Å². The Morgan fingerprint density at radius 2 is 2.09 bits per heavy atom. The summed E-state index contributed by atoms with van der Waals surface area (Å²) in [6, 6.07) is 6.83. The Labute approximate surface area is 140 Å². The highest BCUT2D eigenvalue weighted by Gasteiger charge is 2.22. The smallest absolute Gasteiger partial charge is 0.257 e. The fourth-order valence-electron chi connectivity index (χ4n) is 1.82. The molecule has 0 spiro atoms. The average Bonchev–Trinajstić information content (AvgIpc) is 3.01. The number of carbonyl (C=O) groups excluding carboxylic acids is 2. The summed E-state index contributed by atoms with van der Waals surface area (Å²) in [4.78, 5) is 23.2. The maximum Gasteiger partial charge on any atom is 0.257 e. The molecule has 1 aromatic carbocycles. The van der Waals surface area contributed by atoms with Crippen molar-refractivity contribution in [2.75, 3.05) is 30.1 Å². The fourth-order valence-corrected chi connectivity index (χ4v) is 2.77. The second-order valence-corrected chi connectivity index (χ2v) is 5.56. The summed E-state index contributed by atoms with van der Waals surface area (Å²) in [7, 11) is 0. The number of likely N-dealkylation sites (N-methyl/N-ethyl adjacent to an activating group) is 1. The molecule has 122 valence electrons. The summed E-state index contributed by atoms with van der Waals surface area (Å²) >= 11 is 1.71. The van der Waals surface area contributed by atoms with Crippen molar-refractivity contribution in [2.45, 2.75) is 13.0 Å². The van der Waals surface area contributed by atoms with E-state index in [1.54, 1.807) is 36.0 Å². The van der Waals surface area contributed by atoms with Gasteiger partial charge in [-0.15, -0.1) is 24.2 Å². The molecule has 1 saturated heterocycles. The SMILES string of the molecule is CCNC(=O)COc1ccc(NC(=O)C2CSCN2)cc1.Cl. The minimum atomic E-state index is -0.153. The molecule has 1 atom stereocenters. The summed E-state index contributed by atoms with van der Waals surface area (Å²) < 4.78 is 5.34. The Kier molecular flexibility index (Phi) is 8.08. The summed E-state index contributed by atoms with van der Waals surface area (Å²) in [5, 5.41) is 8.62. The van der Waals surface area contributed by atoms with Crippen LogP contribution in [-0.2, 0) is 9.59 Å². The zero-order valence-electron chi connectivity index (χ0n) is 12.3. The third kappa shape index (κ3) is 5.75. The lowest BCUT2D eigenvalue weighted by Crippen LogP contribution is -2.37. The highest BCUT2D eigenvalue weighted by molar-refractivity contribution is 7.99. The van der Waals surface area contributed by atoms with Crippen LogP contribution in [0.15, 0.2) is 24.3 Å². The summed E-state index contributed by atoms with van der Waals surface area (Å²) in [5.41, 5.74) is 0.712. The Bertz CT molecular complexity index is 493. The topological polar surface area (TPSA) is 79.5 Å². The molecule has 1 fully saturated rings. The van der Waals surface area contributed by atoms with Gasteiger partial charge in [0.15, 0.2) is 6.61 Å². The van der Waals surface area contributed by atoms with Crippen molar-refractivity contribution in [1.29, 1.82) is 0 Å². The number of benzene rings is 1. The number of rotatable bonds is 6. The van der Waals surface area contributed by atoms with Gasteiger partial charge in [0.25, 0.3) is 5.91 Å². The second-order valence-electron chi connectivity index (χ2n) is 4.53. The number of carbonyl (C=O) groups is 2. The zero-order valence-corrected chi connectivity index (χ0v) is 13.9. The predicted octanol–water partition coefficient (Wildman–Crippen LogP) is 1.22. The molecule has 6 nitrogen and oxygen atoms in total. The lowest BCUT2D eigenvalue weighted by molar-refractivity contribution is -0.123. The van der Waals surface area contributed by atoms with Crippen LogP contribution in [0.4, 0.5) is 5.69 Å². The summed E-state index contributed by atoms with van der Waals surface area (Å²) in [5.74, 6) is 2.01. The Balaban J connectivity index is 0.00000242. The lowest BCUT2D eigenvalue weighted by Gasteiger charge is -2.11. The monoisotopic (exact) mass is 345 g/mol. The van der Waals surface area contributed by atoms with Crippen molar-refractivity contribution in [3.8, 4) is 5.75 Å². The average molecular weight is 346 g/mol. The van der Waals surface area contributed by atoms with E-state index in [0.717, 1.165) is 11.6 Å². The first-order valence-corrected chi connectivity index (χ1v) is 7.96. The van der Waals surface area contributed by atoms with Gasteiger partial charge in [-0.25, -0.2) is 0 Å². The second kappa shape index (κ2) is 9.55. The first-order valence-electron chi connectivity index (χ1n) is 6.80. The van der Waals surface area contributed by atoms with Gasteiger partial charge in [0.1, 0.15) is 5.75 Å². The maximum atomic E-state index is 11.9. The first-order chi connectivity index (χ1) is 10.2. The van der Waals surface area contributed by atoms with Crippen LogP contribution in [-0.4, -0.2) is 42.6 Å². The number of amides is 2. The molecule has 3 N–H and O–H groups in total. The van der Waals surface area contributed by atoms with Gasteiger partial charge in [-0.2, -0.15) is 0 Å². The van der Waals surface area contributed by atoms with Crippen molar-refractivity contribution in [1.82, 2.24) is 10.6 Å². The van der Waals surface area contributed by atoms with Gasteiger partial charge in [-0.1, -0.05) is 0 Å². The molecule has 1 aliphatic heterocycles. The largest absolute Gasteiger partial charge is 0.484 e. The molecule has 2 amide bonds. The van der Waals surface area contributed by atoms with E-state index in [0.29, 0.717) is 18.0 Å². The molecule has 22 heavy (non-hydrogen) atoms. The van der Waals surface area contributed by atoms with Crippen molar-refractivity contribution in [3.63, 3.8) is 0 Å². The number of hydrogen-bond donors (Lipinski definition) is 3. The molecule has 8 heteroatoms. The van der Waals surface area contributed by atoms with Crippen molar-refractivity contribution in [2.24, 2.45) is 0 Å². The number of halogens is 1. The van der Waals surface area contributed by atoms with Gasteiger partial charge < -0.3 is 15.4 Å². The molecular formula is C14H20ClN3O3S. The zero-order chi connectivity index (χ0) is 15.1. The highest BCUT2D eigenvalue weighted by Crippen LogP contribution is 2.17. The quantitative estimate of drug-likeness (QED) is 0.722. The summed E-state index contributed by atoms with van der Waals surface area (Å²) in [6.07, 6.45) is 0. The van der Waals surface area contributed by atoms with Gasteiger partial charge in [0, 0.05) is 23.9 Å². The molecule has 0 radical (unpaired) electrons. The van der Waals surface area contributed by atoms with Crippen LogP contribution >= 0.6 is 24.2 Å². The molecule has 1 aliphatic rings. The van der Waals surface area contributed by atoms with E-state index >= 15 is 0 Å². The molecule has 1 aromatic rings. The highest BCUT2D eigenvalue weighted by atomic mass is 35.5. The van der Waals surface area contributed by atoms with Crippen LogP contribution < -0.4 is 20.7 Å². The van der Waals surface area contributed by atoms with E-state index in [4.69, 9.17) is 4.74 Å². The Morgan fingerprint density at radius 1 is 1.36 bits per heavy atom. The van der Waals surface area contributed by atoms with E-state index < -0.39 is 0 Å². The fraction of sp³-hybridized carbons (Fsp3) is 0.429. The van der Waals surface area contributed by atoms with Crippen LogP contribution in [0.5, 0.6) is 5.75 Å². The third-order valence-corrected chi connectivity index (χ3v) is 3.84. The van der Waals surface area contributed by atoms with E-state index in [2.05, 4.69) is 16.0 Å². The van der Waals surface area contributed by atoms with Gasteiger partial charge in [0.05, 0.1) is 6.04 Å². The Morgan fingerprint density at radius 3 is 2.68 bits per heavy atom. The van der Waals surface area contributed by atoms with Gasteiger partial charge in [-0.05, 0) is 31.2 Å². The van der Waals surface area contributed by atoms with Crippen molar-refractivity contribution >= 4 is 41.7 Å². The van der Waals surface area contributed by atoms with Crippen LogP contribution in [0.2, 0.25) is 0 Å². The molecular weight excluding hydrogens is 326 g/mol. The number of thioether (sulfide) groups is 1. The Hall–Kier alpha value is -1.44. The van der Waals surface area contributed by atoms with Gasteiger partial charge >= 0.3 is 0 Å². The summed E-state index contributed by atoms with van der Waals surface area (Å²) in [6.45, 7) is 2.43. The lowest BCUT2D eigenvalue weighted by atomic mass is 10.2. The van der Waals surface area contributed by atoms with Crippen molar-refractivity contribution < 1.29 is 14.3 Å². The minimum Gasteiger partial charge on any atom is -0.484 e. The maximum absolute atomic E-state index is 11.9. The number of ether oxygens (including phenoxy) is 1. The van der Waals surface area contributed by atoms with E-state index in [9.17, 15) is 9.59 Å². The van der Waals surface area contributed by atoms with E-state index in [1.807, 2.05) is 6.92 Å². The molecule has 0 aliphatic carbocycles. The van der Waals surface area contributed by atoms with E-state index in [1.165, 1.54) is 0 Å². The van der Waals surface area contributed by atoms with Crippen LogP contribution in [0.3, 0.4) is 0 Å². The number of anilines is 1. The molecule has 0 aromatic heterocycles. The van der Waals surface area contributed by atoms with Crippen LogP contribution in [0, 0.1) is 0 Å². The van der Waals surface area contributed by atoms with Crippen LogP contribution in [0.1, 0.15) is 6.92 Å². The first kappa shape index (κ1) is 18.6. The molecule has 2 rings (SSSR count). The normalized spacial score (nSPS) is 16.5. The molecule has 0 bridgehead atoms. The van der Waals surface area contributed by atoms with E-state index in [-0.39, 0.29) is 36.9 Å². The van der Waals surface area contributed by atoms with Gasteiger partial charge in [-0.3, -0.25) is 14.9 Å². The molecule has 1 unspecified atom stereocenters. The predicted molar refractivity (Wildman–Crippen MR) is 90.7 cm³/mol. The molecule has 0 saturated carbocycles. The molecule has 1 heterocycles. The number of nitrogens with one attached hydrogen (secondary N) is 3. The minimum absolute atomic E-state index is 0. The third-order valence-electron chi connectivity index (χ3n) is 2.90. The standard InChI is InChI=1S/C14H19N3O3S.ClH/c1-2-15-13(18)7-20-11-5-3-10(4-6-11)17-14(19)12-8-21-9-16-12;/h3-6,12,16H,2,7-9H2,1H3,(H,15,18)(H,17,19);1H. The van der Waals surface area contributed by atoms with Gasteiger partial charge in [0.2, 0.25) is 5.91 Å². The number of hydrogen-bond acceptors (Lipinski definition) is 5.